The summed E-state index contributed by atoms with van der Waals surface area (Å²) in [5, 5.41) is 10.8. The van der Waals surface area contributed by atoms with Gasteiger partial charge in [0.15, 0.2) is 0 Å². The van der Waals surface area contributed by atoms with E-state index in [1.165, 1.54) is 5.56 Å². The highest BCUT2D eigenvalue weighted by molar-refractivity contribution is 5.47. The molecule has 1 aromatic rings. The Kier molecular flexibility index (Phi) is 2.60. The normalized spacial score (nSPS) is 26.4. The second-order valence-corrected chi connectivity index (χ2v) is 5.10. The van der Waals surface area contributed by atoms with Crippen LogP contribution in [0.2, 0.25) is 0 Å². The second kappa shape index (κ2) is 4.00. The summed E-state index contributed by atoms with van der Waals surface area (Å²) < 4.78 is 11.1. The van der Waals surface area contributed by atoms with Gasteiger partial charge in [-0.3, -0.25) is 0 Å². The molecule has 2 heterocycles. The van der Waals surface area contributed by atoms with Crippen LogP contribution in [-0.2, 0) is 16.8 Å². The smallest absolute Gasteiger partial charge is 0.128 e. The first-order valence-electron chi connectivity index (χ1n) is 6.25. The number of hydrogen-bond acceptors (Lipinski definition) is 3. The number of para-hydroxylation sites is 1. The van der Waals surface area contributed by atoms with Crippen LogP contribution in [0, 0.1) is 5.92 Å². The van der Waals surface area contributed by atoms with E-state index in [9.17, 15) is 5.11 Å². The van der Waals surface area contributed by atoms with Crippen molar-refractivity contribution in [2.45, 2.75) is 25.4 Å². The molecular formula is C14H18O3. The van der Waals surface area contributed by atoms with Gasteiger partial charge in [-0.25, -0.2) is 0 Å². The molecule has 3 heteroatoms. The summed E-state index contributed by atoms with van der Waals surface area (Å²) in [5.41, 5.74) is 1.27. The van der Waals surface area contributed by atoms with E-state index < -0.39 is 5.60 Å². The number of hydrogen-bond donors (Lipinski definition) is 1. The maximum absolute atomic E-state index is 10.8. The summed E-state index contributed by atoms with van der Waals surface area (Å²) >= 11 is 0. The van der Waals surface area contributed by atoms with Crippen molar-refractivity contribution in [1.82, 2.24) is 0 Å². The molecule has 1 aromatic carbocycles. The summed E-state index contributed by atoms with van der Waals surface area (Å²) in [6, 6.07) is 6.06. The quantitative estimate of drug-likeness (QED) is 0.849. The van der Waals surface area contributed by atoms with Crippen LogP contribution in [0.25, 0.3) is 0 Å². The van der Waals surface area contributed by atoms with E-state index >= 15 is 0 Å². The fraction of sp³-hybridized carbons (Fsp3) is 0.571. The zero-order valence-corrected chi connectivity index (χ0v) is 10.1. The molecule has 2 aliphatic heterocycles. The first kappa shape index (κ1) is 11.1. The maximum Gasteiger partial charge on any atom is 0.128 e. The van der Waals surface area contributed by atoms with Crippen molar-refractivity contribution in [2.24, 2.45) is 5.92 Å². The lowest BCUT2D eigenvalue weighted by atomic mass is 9.81. The fourth-order valence-corrected chi connectivity index (χ4v) is 2.81. The summed E-state index contributed by atoms with van der Waals surface area (Å²) in [4.78, 5) is 0. The summed E-state index contributed by atoms with van der Waals surface area (Å²) in [7, 11) is 0. The number of rotatable bonds is 2. The van der Waals surface area contributed by atoms with Gasteiger partial charge in [0.2, 0.25) is 0 Å². The Morgan fingerprint density at radius 1 is 1.35 bits per heavy atom. The third-order valence-corrected chi connectivity index (χ3v) is 3.98. The van der Waals surface area contributed by atoms with Crippen LogP contribution in [0.4, 0.5) is 0 Å². The maximum atomic E-state index is 10.8. The standard InChI is InChI=1S/C14H18O3/c1-14(15,11-6-7-16-9-11)12-4-2-3-10-5-8-17-13(10)12/h2-4,11,15H,5-9H2,1H3. The molecule has 0 radical (unpaired) electrons. The molecule has 17 heavy (non-hydrogen) atoms. The van der Waals surface area contributed by atoms with Crippen molar-refractivity contribution in [3.63, 3.8) is 0 Å². The van der Waals surface area contributed by atoms with E-state index in [4.69, 9.17) is 9.47 Å². The zero-order valence-electron chi connectivity index (χ0n) is 10.1. The van der Waals surface area contributed by atoms with Crippen LogP contribution >= 0.6 is 0 Å². The Morgan fingerprint density at radius 2 is 2.24 bits per heavy atom. The topological polar surface area (TPSA) is 38.7 Å². The molecule has 2 aliphatic rings. The van der Waals surface area contributed by atoms with Gasteiger partial charge >= 0.3 is 0 Å². The van der Waals surface area contributed by atoms with Crippen LogP contribution < -0.4 is 4.74 Å². The van der Waals surface area contributed by atoms with E-state index in [1.807, 2.05) is 19.1 Å². The molecule has 1 N–H and O–H groups in total. The average molecular weight is 234 g/mol. The van der Waals surface area contributed by atoms with Gasteiger partial charge in [-0.05, 0) is 18.9 Å². The molecule has 0 bridgehead atoms. The molecule has 3 rings (SSSR count). The Morgan fingerprint density at radius 3 is 3.00 bits per heavy atom. The predicted molar refractivity (Wildman–Crippen MR) is 64.1 cm³/mol. The number of fused-ring (bicyclic) bond motifs is 1. The lowest BCUT2D eigenvalue weighted by molar-refractivity contribution is -0.0115. The zero-order chi connectivity index (χ0) is 11.9. The molecule has 3 nitrogen and oxygen atoms in total. The largest absolute Gasteiger partial charge is 0.493 e. The van der Waals surface area contributed by atoms with E-state index in [1.54, 1.807) is 0 Å². The first-order chi connectivity index (χ1) is 8.19. The first-order valence-corrected chi connectivity index (χ1v) is 6.25. The lowest BCUT2D eigenvalue weighted by Crippen LogP contribution is -2.32. The van der Waals surface area contributed by atoms with Gasteiger partial charge in [0.25, 0.3) is 0 Å². The number of aliphatic hydroxyl groups is 1. The van der Waals surface area contributed by atoms with Gasteiger partial charge in [0, 0.05) is 24.5 Å². The van der Waals surface area contributed by atoms with Gasteiger partial charge in [0.1, 0.15) is 5.75 Å². The van der Waals surface area contributed by atoms with E-state index in [-0.39, 0.29) is 5.92 Å². The third kappa shape index (κ3) is 1.74. The summed E-state index contributed by atoms with van der Waals surface area (Å²) in [5.74, 6) is 1.06. The van der Waals surface area contributed by atoms with Crippen LogP contribution in [0.15, 0.2) is 18.2 Å². The molecule has 0 aliphatic carbocycles. The van der Waals surface area contributed by atoms with Crippen LogP contribution in [0.1, 0.15) is 24.5 Å². The minimum Gasteiger partial charge on any atom is -0.493 e. The second-order valence-electron chi connectivity index (χ2n) is 5.10. The fourth-order valence-electron chi connectivity index (χ4n) is 2.81. The molecule has 1 saturated heterocycles. The van der Waals surface area contributed by atoms with Crippen molar-refractivity contribution in [3.8, 4) is 5.75 Å². The highest BCUT2D eigenvalue weighted by atomic mass is 16.5. The average Bonchev–Trinajstić information content (AvgIpc) is 2.99. The van der Waals surface area contributed by atoms with Gasteiger partial charge in [0.05, 0.1) is 18.8 Å². The van der Waals surface area contributed by atoms with Gasteiger partial charge in [-0.15, -0.1) is 0 Å². The van der Waals surface area contributed by atoms with E-state index in [0.717, 1.165) is 37.4 Å². The molecule has 92 valence electrons. The summed E-state index contributed by atoms with van der Waals surface area (Å²) in [6.07, 6.45) is 1.86. The van der Waals surface area contributed by atoms with Crippen molar-refractivity contribution >= 4 is 0 Å². The molecule has 2 unspecified atom stereocenters. The van der Waals surface area contributed by atoms with Crippen LogP contribution in [-0.4, -0.2) is 24.9 Å². The van der Waals surface area contributed by atoms with Gasteiger partial charge < -0.3 is 14.6 Å². The molecule has 0 amide bonds. The SMILES string of the molecule is CC(O)(c1cccc2c1OCC2)C1CCOC1. The van der Waals surface area contributed by atoms with Gasteiger partial charge in [-0.1, -0.05) is 18.2 Å². The molecule has 2 atom stereocenters. The van der Waals surface area contributed by atoms with E-state index in [0.29, 0.717) is 6.61 Å². The van der Waals surface area contributed by atoms with Crippen molar-refractivity contribution in [1.29, 1.82) is 0 Å². The van der Waals surface area contributed by atoms with Crippen LogP contribution in [0.3, 0.4) is 0 Å². The highest BCUT2D eigenvalue weighted by Crippen LogP contribution is 2.42. The summed E-state index contributed by atoms with van der Waals surface area (Å²) in [6.45, 7) is 3.99. The number of ether oxygens (including phenoxy) is 2. The van der Waals surface area contributed by atoms with Crippen molar-refractivity contribution in [2.75, 3.05) is 19.8 Å². The molecule has 0 saturated carbocycles. The third-order valence-electron chi connectivity index (χ3n) is 3.98. The molecular weight excluding hydrogens is 216 g/mol. The highest BCUT2D eigenvalue weighted by Gasteiger charge is 2.39. The minimum atomic E-state index is -0.855. The molecule has 0 spiro atoms. The van der Waals surface area contributed by atoms with Crippen molar-refractivity contribution in [3.05, 3.63) is 29.3 Å². The molecule has 1 fully saturated rings. The van der Waals surface area contributed by atoms with Crippen molar-refractivity contribution < 1.29 is 14.6 Å². The predicted octanol–water partition coefficient (Wildman–Crippen LogP) is 1.87. The molecule has 0 aromatic heterocycles. The Hall–Kier alpha value is -1.06. The Bertz CT molecular complexity index is 419. The Balaban J connectivity index is 2.00. The minimum absolute atomic E-state index is 0.165. The lowest BCUT2D eigenvalue weighted by Gasteiger charge is -2.30. The monoisotopic (exact) mass is 234 g/mol. The Labute approximate surface area is 101 Å². The number of benzene rings is 1. The van der Waals surface area contributed by atoms with Gasteiger partial charge in [-0.2, -0.15) is 0 Å². The van der Waals surface area contributed by atoms with E-state index in [2.05, 4.69) is 6.07 Å². The van der Waals surface area contributed by atoms with Crippen LogP contribution in [0.5, 0.6) is 5.75 Å².